The lowest BCUT2D eigenvalue weighted by atomic mass is 10.1. The minimum Gasteiger partial charge on any atom is -0.392 e. The number of benzene rings is 1. The van der Waals surface area contributed by atoms with Crippen molar-refractivity contribution in [1.82, 2.24) is 10.6 Å². The number of aliphatic hydroxyl groups is 1. The summed E-state index contributed by atoms with van der Waals surface area (Å²) in [5, 5.41) is 15.2. The van der Waals surface area contributed by atoms with E-state index in [9.17, 15) is 4.79 Å². The number of amides is 1. The van der Waals surface area contributed by atoms with E-state index < -0.39 is 0 Å². The van der Waals surface area contributed by atoms with Crippen LogP contribution in [-0.4, -0.2) is 23.1 Å². The number of nitrogens with one attached hydrogen (secondary N) is 2. The van der Waals surface area contributed by atoms with Gasteiger partial charge in [-0.15, -0.1) is 0 Å². The van der Waals surface area contributed by atoms with Crippen LogP contribution < -0.4 is 10.6 Å². The molecule has 0 aliphatic heterocycles. The lowest BCUT2D eigenvalue weighted by Gasteiger charge is -2.17. The van der Waals surface area contributed by atoms with Crippen molar-refractivity contribution in [3.63, 3.8) is 0 Å². The molecule has 0 bridgehead atoms. The van der Waals surface area contributed by atoms with E-state index in [0.717, 1.165) is 17.5 Å². The molecule has 0 saturated heterocycles. The van der Waals surface area contributed by atoms with E-state index in [1.165, 1.54) is 0 Å². The molecule has 0 aliphatic carbocycles. The van der Waals surface area contributed by atoms with E-state index in [0.29, 0.717) is 6.54 Å². The van der Waals surface area contributed by atoms with Gasteiger partial charge in [-0.05, 0) is 31.4 Å². The number of carbonyl (C=O) groups is 1. The average molecular weight is 264 g/mol. The molecule has 4 nitrogen and oxygen atoms in total. The van der Waals surface area contributed by atoms with E-state index in [4.69, 9.17) is 5.11 Å². The van der Waals surface area contributed by atoms with Crippen molar-refractivity contribution in [2.24, 2.45) is 0 Å². The van der Waals surface area contributed by atoms with Gasteiger partial charge in [-0.1, -0.05) is 31.2 Å². The Morgan fingerprint density at radius 3 is 2.63 bits per heavy atom. The van der Waals surface area contributed by atoms with Crippen molar-refractivity contribution < 1.29 is 9.90 Å². The summed E-state index contributed by atoms with van der Waals surface area (Å²) in [4.78, 5) is 11.8. The molecule has 3 N–H and O–H groups in total. The van der Waals surface area contributed by atoms with Crippen LogP contribution in [0.2, 0.25) is 0 Å². The van der Waals surface area contributed by atoms with Gasteiger partial charge in [0.05, 0.1) is 12.6 Å². The summed E-state index contributed by atoms with van der Waals surface area (Å²) in [5.74, 6) is 0.0210. The first kappa shape index (κ1) is 15.7. The Kier molecular flexibility index (Phi) is 6.53. The molecular weight excluding hydrogens is 240 g/mol. The first-order valence-electron chi connectivity index (χ1n) is 6.79. The summed E-state index contributed by atoms with van der Waals surface area (Å²) in [6.07, 6.45) is 0.928. The Hall–Kier alpha value is -1.39. The SMILES string of the molecule is CCC(C)NC(=O)C(C)NCc1cccc(CO)c1. The lowest BCUT2D eigenvalue weighted by molar-refractivity contribution is -0.123. The fourth-order valence-corrected chi connectivity index (χ4v) is 1.67. The van der Waals surface area contributed by atoms with E-state index in [1.54, 1.807) is 0 Å². The zero-order valence-electron chi connectivity index (χ0n) is 11.9. The molecule has 106 valence electrons. The van der Waals surface area contributed by atoms with Gasteiger partial charge < -0.3 is 15.7 Å². The minimum atomic E-state index is -0.230. The molecular formula is C15H24N2O2. The Morgan fingerprint density at radius 1 is 1.32 bits per heavy atom. The van der Waals surface area contributed by atoms with Gasteiger partial charge in [-0.3, -0.25) is 4.79 Å². The molecule has 1 aromatic rings. The molecule has 1 amide bonds. The van der Waals surface area contributed by atoms with Crippen LogP contribution in [0.3, 0.4) is 0 Å². The average Bonchev–Trinajstić information content (AvgIpc) is 2.44. The molecule has 0 aliphatic rings. The molecule has 2 unspecified atom stereocenters. The highest BCUT2D eigenvalue weighted by atomic mass is 16.3. The van der Waals surface area contributed by atoms with E-state index >= 15 is 0 Å². The molecule has 2 atom stereocenters. The van der Waals surface area contributed by atoms with Crippen LogP contribution in [0.5, 0.6) is 0 Å². The van der Waals surface area contributed by atoms with Crippen molar-refractivity contribution in [3.05, 3.63) is 35.4 Å². The fraction of sp³-hybridized carbons (Fsp3) is 0.533. The zero-order valence-corrected chi connectivity index (χ0v) is 11.9. The number of hydrogen-bond donors (Lipinski definition) is 3. The van der Waals surface area contributed by atoms with Crippen LogP contribution >= 0.6 is 0 Å². The minimum absolute atomic E-state index is 0.0210. The Balaban J connectivity index is 2.44. The van der Waals surface area contributed by atoms with Crippen molar-refractivity contribution in [2.75, 3.05) is 0 Å². The van der Waals surface area contributed by atoms with E-state index in [-0.39, 0.29) is 24.6 Å². The second kappa shape index (κ2) is 7.92. The summed E-state index contributed by atoms with van der Waals surface area (Å²) in [7, 11) is 0. The van der Waals surface area contributed by atoms with Gasteiger partial charge in [-0.25, -0.2) is 0 Å². The topological polar surface area (TPSA) is 61.4 Å². The second-order valence-corrected chi connectivity index (χ2v) is 4.90. The molecule has 0 radical (unpaired) electrons. The van der Waals surface area contributed by atoms with Crippen LogP contribution in [0.15, 0.2) is 24.3 Å². The normalized spacial score (nSPS) is 13.9. The number of hydrogen-bond acceptors (Lipinski definition) is 3. The Morgan fingerprint density at radius 2 is 2.00 bits per heavy atom. The first-order chi connectivity index (χ1) is 9.06. The van der Waals surface area contributed by atoms with Crippen LogP contribution in [0, 0.1) is 0 Å². The highest BCUT2D eigenvalue weighted by Gasteiger charge is 2.13. The number of carbonyl (C=O) groups excluding carboxylic acids is 1. The summed E-state index contributed by atoms with van der Waals surface area (Å²) in [6, 6.07) is 7.67. The molecule has 0 fully saturated rings. The highest BCUT2D eigenvalue weighted by molar-refractivity contribution is 5.81. The molecule has 4 heteroatoms. The summed E-state index contributed by atoms with van der Waals surface area (Å²) in [6.45, 7) is 6.55. The van der Waals surface area contributed by atoms with Gasteiger partial charge in [-0.2, -0.15) is 0 Å². The van der Waals surface area contributed by atoms with Crippen molar-refractivity contribution in [2.45, 2.75) is 52.4 Å². The predicted octanol–water partition coefficient (Wildman–Crippen LogP) is 1.57. The third-order valence-corrected chi connectivity index (χ3v) is 3.18. The molecule has 0 heterocycles. The maximum Gasteiger partial charge on any atom is 0.237 e. The van der Waals surface area contributed by atoms with Crippen LogP contribution in [0.25, 0.3) is 0 Å². The second-order valence-electron chi connectivity index (χ2n) is 4.90. The molecule has 1 rings (SSSR count). The quantitative estimate of drug-likeness (QED) is 0.700. The van der Waals surface area contributed by atoms with Gasteiger partial charge in [0.15, 0.2) is 0 Å². The van der Waals surface area contributed by atoms with E-state index in [2.05, 4.69) is 10.6 Å². The molecule has 1 aromatic carbocycles. The molecule has 0 spiro atoms. The Labute approximate surface area is 115 Å². The number of aliphatic hydroxyl groups excluding tert-OH is 1. The van der Waals surface area contributed by atoms with Crippen LogP contribution in [0.4, 0.5) is 0 Å². The third kappa shape index (κ3) is 5.41. The third-order valence-electron chi connectivity index (χ3n) is 3.18. The molecule has 0 saturated carbocycles. The zero-order chi connectivity index (χ0) is 14.3. The number of rotatable bonds is 7. The smallest absolute Gasteiger partial charge is 0.237 e. The monoisotopic (exact) mass is 264 g/mol. The highest BCUT2D eigenvalue weighted by Crippen LogP contribution is 2.05. The van der Waals surface area contributed by atoms with Gasteiger partial charge in [0.1, 0.15) is 0 Å². The maximum atomic E-state index is 11.8. The van der Waals surface area contributed by atoms with Crippen molar-refractivity contribution in [3.8, 4) is 0 Å². The summed E-state index contributed by atoms with van der Waals surface area (Å²) >= 11 is 0. The predicted molar refractivity (Wildman–Crippen MR) is 76.6 cm³/mol. The standard InChI is InChI=1S/C15H24N2O2/c1-4-11(2)17-15(19)12(3)16-9-13-6-5-7-14(8-13)10-18/h5-8,11-12,16,18H,4,9-10H2,1-3H3,(H,17,19). The maximum absolute atomic E-state index is 11.8. The summed E-state index contributed by atoms with van der Waals surface area (Å²) in [5.41, 5.74) is 1.95. The van der Waals surface area contributed by atoms with Crippen molar-refractivity contribution >= 4 is 5.91 Å². The Bertz CT molecular complexity index is 407. The van der Waals surface area contributed by atoms with Crippen molar-refractivity contribution in [1.29, 1.82) is 0 Å². The first-order valence-corrected chi connectivity index (χ1v) is 6.79. The molecule has 19 heavy (non-hydrogen) atoms. The van der Waals surface area contributed by atoms with Gasteiger partial charge >= 0.3 is 0 Å². The van der Waals surface area contributed by atoms with E-state index in [1.807, 2.05) is 45.0 Å². The van der Waals surface area contributed by atoms with Gasteiger partial charge in [0, 0.05) is 12.6 Å². The largest absolute Gasteiger partial charge is 0.392 e. The lowest BCUT2D eigenvalue weighted by Crippen LogP contribution is -2.45. The van der Waals surface area contributed by atoms with Gasteiger partial charge in [0.25, 0.3) is 0 Å². The summed E-state index contributed by atoms with van der Waals surface area (Å²) < 4.78 is 0. The molecule has 0 aromatic heterocycles. The van der Waals surface area contributed by atoms with Crippen LogP contribution in [-0.2, 0) is 17.9 Å². The van der Waals surface area contributed by atoms with Gasteiger partial charge in [0.2, 0.25) is 5.91 Å². The fourth-order valence-electron chi connectivity index (χ4n) is 1.67. The van der Waals surface area contributed by atoms with Crippen LogP contribution in [0.1, 0.15) is 38.3 Å².